The summed E-state index contributed by atoms with van der Waals surface area (Å²) in [4.78, 5) is 0. The Morgan fingerprint density at radius 3 is 2.36 bits per heavy atom. The molecule has 112 valence electrons. The Hall–Kier alpha value is -2.43. The summed E-state index contributed by atoms with van der Waals surface area (Å²) in [7, 11) is -1.79. The first-order valence-corrected chi connectivity index (χ1v) is 8.40. The van der Waals surface area contributed by atoms with Crippen molar-refractivity contribution in [1.82, 2.24) is 9.76 Å². The van der Waals surface area contributed by atoms with E-state index in [1.54, 1.807) is 13.1 Å². The molecule has 1 unspecified atom stereocenters. The van der Waals surface area contributed by atoms with Crippen LogP contribution in [-0.2, 0) is 4.57 Å². The van der Waals surface area contributed by atoms with Gasteiger partial charge in [0.15, 0.2) is 0 Å². The van der Waals surface area contributed by atoms with Gasteiger partial charge in [-0.1, -0.05) is 30.3 Å². The third kappa shape index (κ3) is 1.62. The molecule has 4 rings (SSSR count). The van der Waals surface area contributed by atoms with Gasteiger partial charge < -0.3 is 9.63 Å². The van der Waals surface area contributed by atoms with Crippen LogP contribution in [0.4, 0.5) is 5.69 Å². The van der Waals surface area contributed by atoms with Crippen molar-refractivity contribution in [2.45, 2.75) is 0 Å². The van der Waals surface area contributed by atoms with E-state index < -0.39 is 7.67 Å². The largest absolute Gasteiger partial charge is 0.493 e. The highest BCUT2D eigenvalue weighted by Crippen LogP contribution is 2.59. The summed E-state index contributed by atoms with van der Waals surface area (Å²) in [6.45, 7) is 0. The molecule has 0 bridgehead atoms. The summed E-state index contributed by atoms with van der Waals surface area (Å²) >= 11 is 0. The Morgan fingerprint density at radius 2 is 1.68 bits per heavy atom. The number of hydrogen-bond acceptors (Lipinski definition) is 3. The number of hydrogen-bond donors (Lipinski definition) is 2. The van der Waals surface area contributed by atoms with Crippen LogP contribution in [-0.4, -0.2) is 16.8 Å². The molecular formula is C15H14N3O3P. The van der Waals surface area contributed by atoms with Crippen LogP contribution in [0, 0.1) is 0 Å². The fourth-order valence-corrected chi connectivity index (χ4v) is 4.30. The van der Waals surface area contributed by atoms with Crippen molar-refractivity contribution in [3.05, 3.63) is 54.6 Å². The minimum absolute atomic E-state index is 0.00225. The maximum atomic E-state index is 13.1. The third-order valence-electron chi connectivity index (χ3n) is 3.71. The van der Waals surface area contributed by atoms with Gasteiger partial charge in [0.2, 0.25) is 11.8 Å². The quantitative estimate of drug-likeness (QED) is 0.710. The average Bonchev–Trinajstić information content (AvgIpc) is 3.01. The first-order chi connectivity index (χ1) is 10.7. The van der Waals surface area contributed by atoms with Crippen molar-refractivity contribution in [3.63, 3.8) is 0 Å². The number of fused-ring (bicyclic) bond motifs is 3. The van der Waals surface area contributed by atoms with Gasteiger partial charge >= 0.3 is 7.67 Å². The molecule has 0 saturated carbocycles. The van der Waals surface area contributed by atoms with Crippen LogP contribution in [0.25, 0.3) is 10.8 Å². The van der Waals surface area contributed by atoms with Gasteiger partial charge in [-0.3, -0.25) is 0 Å². The molecule has 2 N–H and O–H groups in total. The highest BCUT2D eigenvalue weighted by molar-refractivity contribution is 7.59. The Labute approximate surface area is 127 Å². The van der Waals surface area contributed by atoms with Gasteiger partial charge in [0.1, 0.15) is 0 Å². The monoisotopic (exact) mass is 315 g/mol. The van der Waals surface area contributed by atoms with Crippen LogP contribution in [0.5, 0.6) is 11.8 Å². The molecule has 0 aliphatic carbocycles. The minimum atomic E-state index is -3.36. The van der Waals surface area contributed by atoms with Gasteiger partial charge in [-0.15, -0.1) is 0 Å². The summed E-state index contributed by atoms with van der Waals surface area (Å²) in [6.07, 6.45) is 0. The third-order valence-corrected chi connectivity index (χ3v) is 5.60. The Balaban J connectivity index is 2.04. The second-order valence-electron chi connectivity index (χ2n) is 4.95. The van der Waals surface area contributed by atoms with Crippen molar-refractivity contribution in [2.24, 2.45) is 0 Å². The predicted octanol–water partition coefficient (Wildman–Crippen LogP) is 3.34. The number of rotatable bonds is 2. The van der Waals surface area contributed by atoms with Gasteiger partial charge in [0, 0.05) is 10.8 Å². The zero-order valence-corrected chi connectivity index (χ0v) is 12.7. The number of anilines is 1. The first kappa shape index (κ1) is 13.2. The molecule has 6 nitrogen and oxygen atoms in total. The lowest BCUT2D eigenvalue weighted by molar-refractivity contribution is 0.432. The van der Waals surface area contributed by atoms with Crippen molar-refractivity contribution < 1.29 is 14.2 Å². The molecule has 1 aliphatic heterocycles. The number of aromatic hydroxyl groups is 1. The lowest BCUT2D eigenvalue weighted by atomic mass is 10.2. The predicted molar refractivity (Wildman–Crippen MR) is 85.2 cm³/mol. The van der Waals surface area contributed by atoms with E-state index in [1.807, 2.05) is 48.5 Å². The normalized spacial score (nSPS) is 20.1. The van der Waals surface area contributed by atoms with Crippen LogP contribution in [0.3, 0.4) is 0 Å². The second kappa shape index (κ2) is 4.53. The van der Waals surface area contributed by atoms with Crippen molar-refractivity contribution in [3.8, 4) is 11.8 Å². The van der Waals surface area contributed by atoms with E-state index in [-0.39, 0.29) is 5.88 Å². The molecule has 3 aromatic rings. The molecule has 0 amide bonds. The lowest BCUT2D eigenvalue weighted by Crippen LogP contribution is -2.26. The van der Waals surface area contributed by atoms with Gasteiger partial charge in [-0.25, -0.2) is 9.65 Å². The molecule has 2 aromatic carbocycles. The summed E-state index contributed by atoms with van der Waals surface area (Å²) in [5.41, 5.74) is 0.662. The smallest absolute Gasteiger partial charge is 0.439 e. The Bertz CT molecular complexity index is 907. The van der Waals surface area contributed by atoms with Gasteiger partial charge in [0.05, 0.1) is 5.69 Å². The van der Waals surface area contributed by atoms with Crippen LogP contribution >= 0.6 is 7.67 Å². The van der Waals surface area contributed by atoms with E-state index in [0.717, 1.165) is 0 Å². The van der Waals surface area contributed by atoms with E-state index in [1.165, 1.54) is 9.46 Å². The zero-order chi connectivity index (χ0) is 15.3. The number of nitrogens with one attached hydrogen (secondary N) is 1. The molecule has 1 atom stereocenters. The fraction of sp³-hybridized carbons (Fsp3) is 0.0667. The topological polar surface area (TPSA) is 66.7 Å². The molecule has 1 aliphatic rings. The summed E-state index contributed by atoms with van der Waals surface area (Å²) in [5.74, 6) is 0.372. The maximum absolute atomic E-state index is 13.1. The van der Waals surface area contributed by atoms with Crippen molar-refractivity contribution in [1.29, 1.82) is 0 Å². The van der Waals surface area contributed by atoms with Crippen molar-refractivity contribution in [2.75, 3.05) is 11.8 Å². The first-order valence-electron chi connectivity index (χ1n) is 6.83. The number of para-hydroxylation sites is 1. The molecule has 22 heavy (non-hydrogen) atoms. The van der Waals surface area contributed by atoms with Gasteiger partial charge in [-0.2, -0.15) is 9.46 Å². The van der Waals surface area contributed by atoms with Crippen LogP contribution in [0.15, 0.2) is 54.6 Å². The summed E-state index contributed by atoms with van der Waals surface area (Å²) in [6, 6.07) is 16.5. The molecular weight excluding hydrogens is 301 g/mol. The number of nitrogens with zero attached hydrogens (tertiary/aromatic N) is 2. The van der Waals surface area contributed by atoms with E-state index >= 15 is 0 Å². The standard InChI is InChI=1S/C15H14N3O3P/c1-16-22(20)18(11-7-3-2-4-8-11)17-14(19)12-9-5-6-10-13(12)15(17)21-22/h2-10,19H,1H3,(H,16,20). The number of aromatic nitrogens is 1. The summed E-state index contributed by atoms with van der Waals surface area (Å²) < 4.78 is 21.7. The van der Waals surface area contributed by atoms with Gasteiger partial charge in [-0.05, 0) is 31.3 Å². The van der Waals surface area contributed by atoms with Crippen LogP contribution in [0.2, 0.25) is 0 Å². The summed E-state index contributed by atoms with van der Waals surface area (Å²) in [5, 5.41) is 14.7. The lowest BCUT2D eigenvalue weighted by Gasteiger charge is -2.24. The van der Waals surface area contributed by atoms with Gasteiger partial charge in [0.25, 0.3) is 0 Å². The molecule has 0 saturated heterocycles. The fourth-order valence-electron chi connectivity index (χ4n) is 2.70. The average molecular weight is 315 g/mol. The highest BCUT2D eigenvalue weighted by Gasteiger charge is 2.45. The SMILES string of the molecule is CNP1(=O)Oc2c3ccccc3c(O)n2N1c1ccccc1. The highest BCUT2D eigenvalue weighted by atomic mass is 31.2. The zero-order valence-electron chi connectivity index (χ0n) is 11.8. The van der Waals surface area contributed by atoms with E-state index in [2.05, 4.69) is 5.09 Å². The van der Waals surface area contributed by atoms with Crippen LogP contribution < -0.4 is 14.4 Å². The molecule has 2 heterocycles. The van der Waals surface area contributed by atoms with E-state index in [0.29, 0.717) is 22.3 Å². The Morgan fingerprint density at radius 1 is 1.05 bits per heavy atom. The minimum Gasteiger partial charge on any atom is -0.493 e. The van der Waals surface area contributed by atoms with E-state index in [9.17, 15) is 9.67 Å². The van der Waals surface area contributed by atoms with Crippen LogP contribution in [0.1, 0.15) is 0 Å². The maximum Gasteiger partial charge on any atom is 0.439 e. The molecule has 0 radical (unpaired) electrons. The molecule has 0 fully saturated rings. The molecule has 0 spiro atoms. The second-order valence-corrected chi connectivity index (χ2v) is 7.00. The molecule has 1 aromatic heterocycles. The van der Waals surface area contributed by atoms with Crippen molar-refractivity contribution >= 4 is 24.1 Å². The molecule has 7 heteroatoms. The Kier molecular flexibility index (Phi) is 2.73. The number of benzene rings is 2. The van der Waals surface area contributed by atoms with E-state index in [4.69, 9.17) is 4.52 Å².